The van der Waals surface area contributed by atoms with Crippen LogP contribution in [0, 0.1) is 0 Å². The molecule has 0 amide bonds. The smallest absolute Gasteiger partial charge is 0.304 e. The maximum Gasteiger partial charge on any atom is 0.304 e. The van der Waals surface area contributed by atoms with E-state index in [-0.39, 0.29) is 12.2 Å². The lowest BCUT2D eigenvalue weighted by Crippen LogP contribution is -2.16. The molecular weight excluding hydrogens is 328 g/mol. The fourth-order valence-corrected chi connectivity index (χ4v) is 3.15. The quantitative estimate of drug-likeness (QED) is 0.839. The summed E-state index contributed by atoms with van der Waals surface area (Å²) in [7, 11) is 0. The largest absolute Gasteiger partial charge is 0.481 e. The van der Waals surface area contributed by atoms with E-state index in [0.717, 1.165) is 4.47 Å². The minimum Gasteiger partial charge on any atom is -0.481 e. The Morgan fingerprint density at radius 1 is 1.21 bits per heavy atom. The van der Waals surface area contributed by atoms with Crippen molar-refractivity contribution in [3.8, 4) is 0 Å². The van der Waals surface area contributed by atoms with Gasteiger partial charge in [-0.15, -0.1) is 11.3 Å². The number of carbonyl (C=O) groups excluding carboxylic acids is 1. The Balaban J connectivity index is 2.39. The molecule has 2 aromatic rings. The van der Waals surface area contributed by atoms with Crippen molar-refractivity contribution in [3.05, 3.63) is 56.7 Å². The van der Waals surface area contributed by atoms with Crippen molar-refractivity contribution in [2.24, 2.45) is 0 Å². The third-order valence-electron chi connectivity index (χ3n) is 2.74. The molecule has 0 bridgehead atoms. The molecule has 0 aliphatic carbocycles. The fourth-order valence-electron chi connectivity index (χ4n) is 1.87. The molecule has 0 fully saturated rings. The summed E-state index contributed by atoms with van der Waals surface area (Å²) >= 11 is 4.71. The summed E-state index contributed by atoms with van der Waals surface area (Å²) in [5.41, 5.74) is 0.711. The van der Waals surface area contributed by atoms with Crippen LogP contribution in [0.4, 0.5) is 0 Å². The van der Waals surface area contributed by atoms with Gasteiger partial charge in [-0.2, -0.15) is 0 Å². The van der Waals surface area contributed by atoms with Gasteiger partial charge in [0.05, 0.1) is 17.2 Å². The first-order valence-electron chi connectivity index (χ1n) is 5.63. The van der Waals surface area contributed by atoms with Crippen LogP contribution in [0.3, 0.4) is 0 Å². The van der Waals surface area contributed by atoms with Gasteiger partial charge in [-0.25, -0.2) is 0 Å². The first-order valence-corrected chi connectivity index (χ1v) is 7.31. The summed E-state index contributed by atoms with van der Waals surface area (Å²) in [6, 6.07) is 10.7. The second-order valence-corrected chi connectivity index (χ2v) is 5.82. The zero-order valence-electron chi connectivity index (χ0n) is 9.88. The van der Waals surface area contributed by atoms with Crippen molar-refractivity contribution in [3.63, 3.8) is 0 Å². The van der Waals surface area contributed by atoms with E-state index < -0.39 is 11.9 Å². The van der Waals surface area contributed by atoms with Gasteiger partial charge in [-0.05, 0) is 23.1 Å². The number of carboxylic acid groups (broad SMARTS) is 1. The van der Waals surface area contributed by atoms with Crippen molar-refractivity contribution in [2.45, 2.75) is 12.3 Å². The predicted molar refractivity (Wildman–Crippen MR) is 77.8 cm³/mol. The molecule has 0 saturated heterocycles. The van der Waals surface area contributed by atoms with Crippen molar-refractivity contribution in [2.75, 3.05) is 0 Å². The van der Waals surface area contributed by atoms with E-state index >= 15 is 0 Å². The SMILES string of the molecule is O=C(O)CC(C(=O)c1cccs1)c1ccccc1Br. The number of thiophene rings is 1. The van der Waals surface area contributed by atoms with E-state index in [0.29, 0.717) is 10.4 Å². The number of halogens is 1. The van der Waals surface area contributed by atoms with E-state index in [1.807, 2.05) is 17.5 Å². The van der Waals surface area contributed by atoms with E-state index in [1.165, 1.54) is 11.3 Å². The fraction of sp³-hybridized carbons (Fsp3) is 0.143. The van der Waals surface area contributed by atoms with Gasteiger partial charge in [-0.1, -0.05) is 40.2 Å². The Kier molecular flexibility index (Phi) is 4.50. The average molecular weight is 339 g/mol. The lowest BCUT2D eigenvalue weighted by Gasteiger charge is -2.15. The lowest BCUT2D eigenvalue weighted by atomic mass is 9.91. The van der Waals surface area contributed by atoms with Gasteiger partial charge in [0.1, 0.15) is 0 Å². The Morgan fingerprint density at radius 3 is 2.53 bits per heavy atom. The highest BCUT2D eigenvalue weighted by atomic mass is 79.9. The third-order valence-corrected chi connectivity index (χ3v) is 4.35. The van der Waals surface area contributed by atoms with Crippen LogP contribution < -0.4 is 0 Å². The van der Waals surface area contributed by atoms with E-state index in [4.69, 9.17) is 5.11 Å². The standard InChI is InChI=1S/C14H11BrO3S/c15-11-5-2-1-4-9(11)10(8-13(16)17)14(18)12-6-3-7-19-12/h1-7,10H,8H2,(H,16,17). The Bertz CT molecular complexity index is 592. The van der Waals surface area contributed by atoms with E-state index in [9.17, 15) is 9.59 Å². The van der Waals surface area contributed by atoms with Crippen molar-refractivity contribution >= 4 is 39.0 Å². The van der Waals surface area contributed by atoms with Gasteiger partial charge in [0.15, 0.2) is 5.78 Å². The first-order chi connectivity index (χ1) is 9.09. The zero-order chi connectivity index (χ0) is 13.8. The molecule has 1 heterocycles. The lowest BCUT2D eigenvalue weighted by molar-refractivity contribution is -0.137. The van der Waals surface area contributed by atoms with Crippen LogP contribution in [0.1, 0.15) is 27.6 Å². The molecule has 0 aliphatic heterocycles. The van der Waals surface area contributed by atoms with Gasteiger partial charge >= 0.3 is 5.97 Å². The van der Waals surface area contributed by atoms with Crippen LogP contribution in [0.25, 0.3) is 0 Å². The highest BCUT2D eigenvalue weighted by Crippen LogP contribution is 2.31. The highest BCUT2D eigenvalue weighted by molar-refractivity contribution is 9.10. The molecule has 0 spiro atoms. The Morgan fingerprint density at radius 2 is 1.95 bits per heavy atom. The summed E-state index contributed by atoms with van der Waals surface area (Å²) in [5, 5.41) is 10.8. The minimum absolute atomic E-state index is 0.149. The first kappa shape index (κ1) is 14.0. The molecule has 0 radical (unpaired) electrons. The number of aliphatic carboxylic acids is 1. The van der Waals surface area contributed by atoms with E-state index in [2.05, 4.69) is 15.9 Å². The predicted octanol–water partition coefficient (Wildman–Crippen LogP) is 3.95. The minimum atomic E-state index is -0.981. The van der Waals surface area contributed by atoms with Crippen molar-refractivity contribution in [1.29, 1.82) is 0 Å². The normalized spacial score (nSPS) is 12.1. The maximum absolute atomic E-state index is 12.4. The zero-order valence-corrected chi connectivity index (χ0v) is 12.3. The van der Waals surface area contributed by atoms with Crippen LogP contribution in [-0.4, -0.2) is 16.9 Å². The van der Waals surface area contributed by atoms with Gasteiger partial charge in [0.2, 0.25) is 0 Å². The van der Waals surface area contributed by atoms with Crippen molar-refractivity contribution < 1.29 is 14.7 Å². The number of ketones is 1. The molecular formula is C14H11BrO3S. The average Bonchev–Trinajstić information content (AvgIpc) is 2.90. The Hall–Kier alpha value is -1.46. The van der Waals surface area contributed by atoms with E-state index in [1.54, 1.807) is 24.3 Å². The molecule has 1 atom stereocenters. The molecule has 3 nitrogen and oxygen atoms in total. The number of hydrogen-bond donors (Lipinski definition) is 1. The van der Waals surface area contributed by atoms with Crippen LogP contribution in [-0.2, 0) is 4.79 Å². The molecule has 2 rings (SSSR count). The summed E-state index contributed by atoms with van der Waals surface area (Å²) < 4.78 is 0.756. The molecule has 1 unspecified atom stereocenters. The number of benzene rings is 1. The maximum atomic E-state index is 12.4. The molecule has 0 aliphatic rings. The number of hydrogen-bond acceptors (Lipinski definition) is 3. The molecule has 19 heavy (non-hydrogen) atoms. The molecule has 98 valence electrons. The molecule has 0 saturated carbocycles. The summed E-state index contributed by atoms with van der Waals surface area (Å²) in [4.78, 5) is 24.0. The molecule has 1 N–H and O–H groups in total. The Labute approximate surface area is 123 Å². The highest BCUT2D eigenvalue weighted by Gasteiger charge is 2.26. The number of Topliss-reactive ketones (excluding diaryl/α,β-unsaturated/α-hetero) is 1. The summed E-state index contributed by atoms with van der Waals surface area (Å²) in [5.74, 6) is -1.79. The third kappa shape index (κ3) is 3.30. The number of rotatable bonds is 5. The monoisotopic (exact) mass is 338 g/mol. The number of carbonyl (C=O) groups is 2. The van der Waals surface area contributed by atoms with Crippen LogP contribution in [0.2, 0.25) is 0 Å². The number of carboxylic acids is 1. The topological polar surface area (TPSA) is 54.4 Å². The van der Waals surface area contributed by atoms with Gasteiger partial charge < -0.3 is 5.11 Å². The summed E-state index contributed by atoms with van der Waals surface area (Å²) in [6.07, 6.45) is -0.209. The molecule has 5 heteroatoms. The van der Waals surface area contributed by atoms with Crippen LogP contribution in [0.5, 0.6) is 0 Å². The molecule has 1 aromatic heterocycles. The van der Waals surface area contributed by atoms with Crippen LogP contribution in [0.15, 0.2) is 46.3 Å². The second-order valence-electron chi connectivity index (χ2n) is 4.01. The second kappa shape index (κ2) is 6.12. The van der Waals surface area contributed by atoms with Gasteiger partial charge in [-0.3, -0.25) is 9.59 Å². The molecule has 1 aromatic carbocycles. The van der Waals surface area contributed by atoms with Gasteiger partial charge in [0.25, 0.3) is 0 Å². The van der Waals surface area contributed by atoms with Crippen molar-refractivity contribution in [1.82, 2.24) is 0 Å². The summed E-state index contributed by atoms with van der Waals surface area (Å²) in [6.45, 7) is 0. The van der Waals surface area contributed by atoms with Crippen LogP contribution >= 0.6 is 27.3 Å². The van der Waals surface area contributed by atoms with Gasteiger partial charge in [0, 0.05) is 4.47 Å².